The lowest BCUT2D eigenvalue weighted by atomic mass is 10.6. The molecule has 0 spiro atoms. The third kappa shape index (κ3) is 5.73. The molecule has 0 heterocycles. The van der Waals surface area contributed by atoms with Gasteiger partial charge < -0.3 is 10.1 Å². The lowest BCUT2D eigenvalue weighted by Gasteiger charge is -2.02. The Kier molecular flexibility index (Phi) is 6.09. The number of ether oxygens (including phenoxy) is 1. The maximum absolute atomic E-state index is 10.7. The maximum Gasteiger partial charge on any atom is 0.325 e. The zero-order valence-corrected chi connectivity index (χ0v) is 7.26. The van der Waals surface area contributed by atoms with Crippen LogP contribution in [0.15, 0.2) is 12.7 Å². The van der Waals surface area contributed by atoms with Gasteiger partial charge in [-0.3, -0.25) is 9.59 Å². The van der Waals surface area contributed by atoms with Crippen molar-refractivity contribution in [2.24, 2.45) is 0 Å². The van der Waals surface area contributed by atoms with Crippen LogP contribution in [-0.2, 0) is 14.3 Å². The molecule has 0 fully saturated rings. The van der Waals surface area contributed by atoms with Crippen molar-refractivity contribution in [3.05, 3.63) is 12.7 Å². The van der Waals surface area contributed by atoms with E-state index >= 15 is 0 Å². The van der Waals surface area contributed by atoms with Crippen LogP contribution in [0, 0.1) is 0 Å². The third-order valence-electron chi connectivity index (χ3n) is 0.913. The fourth-order valence-electron chi connectivity index (χ4n) is 0.421. The van der Waals surface area contributed by atoms with E-state index in [1.807, 2.05) is 0 Å². The Bertz CT molecular complexity index is 181. The fourth-order valence-corrected chi connectivity index (χ4v) is 0.515. The van der Waals surface area contributed by atoms with E-state index in [-0.39, 0.29) is 19.0 Å². The number of esters is 1. The Morgan fingerprint density at radius 1 is 1.58 bits per heavy atom. The summed E-state index contributed by atoms with van der Waals surface area (Å²) in [5.41, 5.74) is 0. The molecule has 0 aliphatic rings. The number of hydrogen-bond acceptors (Lipinski definition) is 3. The van der Waals surface area contributed by atoms with Crippen molar-refractivity contribution in [1.29, 1.82) is 0 Å². The van der Waals surface area contributed by atoms with E-state index in [0.717, 1.165) is 0 Å². The number of alkyl halides is 1. The van der Waals surface area contributed by atoms with E-state index in [9.17, 15) is 9.59 Å². The van der Waals surface area contributed by atoms with E-state index in [1.54, 1.807) is 0 Å². The van der Waals surface area contributed by atoms with Gasteiger partial charge in [-0.2, -0.15) is 0 Å². The van der Waals surface area contributed by atoms with Gasteiger partial charge in [-0.1, -0.05) is 12.7 Å². The van der Waals surface area contributed by atoms with Crippen molar-refractivity contribution in [3.63, 3.8) is 0 Å². The largest absolute Gasteiger partial charge is 0.460 e. The molecule has 0 radical (unpaired) electrons. The molecule has 1 N–H and O–H groups in total. The molecular formula is C7H10ClNO3. The summed E-state index contributed by atoms with van der Waals surface area (Å²) >= 11 is 5.16. The molecule has 0 unspecified atom stereocenters. The minimum absolute atomic E-state index is 0.148. The van der Waals surface area contributed by atoms with Crippen LogP contribution in [-0.4, -0.2) is 30.9 Å². The van der Waals surface area contributed by atoms with Gasteiger partial charge in [0.2, 0.25) is 5.91 Å². The van der Waals surface area contributed by atoms with Gasteiger partial charge in [-0.25, -0.2) is 0 Å². The molecule has 0 saturated heterocycles. The smallest absolute Gasteiger partial charge is 0.325 e. The molecule has 0 aromatic rings. The zero-order chi connectivity index (χ0) is 9.40. The van der Waals surface area contributed by atoms with Crippen molar-refractivity contribution in [2.45, 2.75) is 0 Å². The molecule has 12 heavy (non-hydrogen) atoms. The molecular weight excluding hydrogens is 182 g/mol. The SMILES string of the molecule is C=CCOC(=O)CNC(=O)CCl. The monoisotopic (exact) mass is 191 g/mol. The number of carbonyl (C=O) groups is 2. The standard InChI is InChI=1S/C7H10ClNO3/c1-2-3-12-7(11)5-9-6(10)4-8/h2H,1,3-5H2,(H,9,10). The van der Waals surface area contributed by atoms with Crippen LogP contribution in [0.2, 0.25) is 0 Å². The van der Waals surface area contributed by atoms with E-state index in [1.165, 1.54) is 6.08 Å². The zero-order valence-electron chi connectivity index (χ0n) is 6.51. The first-order valence-electron chi connectivity index (χ1n) is 3.30. The minimum Gasteiger partial charge on any atom is -0.460 e. The van der Waals surface area contributed by atoms with Gasteiger partial charge in [-0.15, -0.1) is 11.6 Å². The van der Waals surface area contributed by atoms with E-state index in [4.69, 9.17) is 11.6 Å². The molecule has 68 valence electrons. The molecule has 0 aromatic heterocycles. The van der Waals surface area contributed by atoms with Gasteiger partial charge in [0.05, 0.1) is 0 Å². The van der Waals surface area contributed by atoms with Crippen LogP contribution in [0.25, 0.3) is 0 Å². The Morgan fingerprint density at radius 3 is 2.75 bits per heavy atom. The van der Waals surface area contributed by atoms with Gasteiger partial charge in [0, 0.05) is 0 Å². The summed E-state index contributed by atoms with van der Waals surface area (Å²) in [6.45, 7) is 3.35. The molecule has 0 atom stereocenters. The average molecular weight is 192 g/mol. The van der Waals surface area contributed by atoms with E-state index in [0.29, 0.717) is 0 Å². The number of hydrogen-bond donors (Lipinski definition) is 1. The van der Waals surface area contributed by atoms with Crippen molar-refractivity contribution in [1.82, 2.24) is 5.32 Å². The average Bonchev–Trinajstić information content (AvgIpc) is 2.10. The first-order valence-corrected chi connectivity index (χ1v) is 3.83. The van der Waals surface area contributed by atoms with Crippen molar-refractivity contribution in [2.75, 3.05) is 19.0 Å². The quantitative estimate of drug-likeness (QED) is 0.380. The summed E-state index contributed by atoms with van der Waals surface area (Å²) in [6, 6.07) is 0. The fraction of sp³-hybridized carbons (Fsp3) is 0.429. The van der Waals surface area contributed by atoms with Gasteiger partial charge in [0.15, 0.2) is 0 Å². The van der Waals surface area contributed by atoms with Crippen LogP contribution < -0.4 is 5.32 Å². The topological polar surface area (TPSA) is 55.4 Å². The minimum atomic E-state index is -0.506. The molecule has 0 bridgehead atoms. The maximum atomic E-state index is 10.7. The number of nitrogens with one attached hydrogen (secondary N) is 1. The van der Waals surface area contributed by atoms with Crippen LogP contribution in [0.3, 0.4) is 0 Å². The number of halogens is 1. The second-order valence-electron chi connectivity index (χ2n) is 1.88. The van der Waals surface area contributed by atoms with Gasteiger partial charge in [0.25, 0.3) is 0 Å². The molecule has 0 aromatic carbocycles. The van der Waals surface area contributed by atoms with Crippen LogP contribution in [0.1, 0.15) is 0 Å². The molecule has 1 amide bonds. The van der Waals surface area contributed by atoms with Crippen molar-refractivity contribution < 1.29 is 14.3 Å². The molecule has 0 saturated carbocycles. The summed E-state index contributed by atoms with van der Waals surface area (Å²) in [6.07, 6.45) is 1.45. The highest BCUT2D eigenvalue weighted by Gasteiger charge is 2.03. The summed E-state index contributed by atoms with van der Waals surface area (Å²) in [7, 11) is 0. The van der Waals surface area contributed by atoms with E-state index in [2.05, 4.69) is 16.6 Å². The Balaban J connectivity index is 3.43. The third-order valence-corrected chi connectivity index (χ3v) is 1.16. The highest BCUT2D eigenvalue weighted by atomic mass is 35.5. The molecule has 0 rings (SSSR count). The van der Waals surface area contributed by atoms with Crippen LogP contribution in [0.5, 0.6) is 0 Å². The molecule has 0 aliphatic carbocycles. The molecule has 0 aliphatic heterocycles. The first-order chi connectivity index (χ1) is 5.70. The second kappa shape index (κ2) is 6.67. The summed E-state index contributed by atoms with van der Waals surface area (Å²) in [4.78, 5) is 21.2. The number of rotatable bonds is 5. The van der Waals surface area contributed by atoms with Crippen molar-refractivity contribution in [3.8, 4) is 0 Å². The van der Waals surface area contributed by atoms with Crippen LogP contribution in [0.4, 0.5) is 0 Å². The summed E-state index contributed by atoms with van der Waals surface area (Å²) in [5, 5.41) is 2.26. The summed E-state index contributed by atoms with van der Waals surface area (Å²) < 4.78 is 4.57. The Morgan fingerprint density at radius 2 is 2.25 bits per heavy atom. The summed E-state index contributed by atoms with van der Waals surface area (Å²) in [5.74, 6) is -1.06. The van der Waals surface area contributed by atoms with Gasteiger partial charge >= 0.3 is 5.97 Å². The predicted octanol–water partition coefficient (Wildman–Crippen LogP) is 0.0706. The Labute approximate surface area is 75.5 Å². The molecule has 4 nitrogen and oxygen atoms in total. The van der Waals surface area contributed by atoms with Gasteiger partial charge in [0.1, 0.15) is 19.0 Å². The first kappa shape index (κ1) is 11.0. The highest BCUT2D eigenvalue weighted by Crippen LogP contribution is 1.78. The lowest BCUT2D eigenvalue weighted by Crippen LogP contribution is -2.31. The second-order valence-corrected chi connectivity index (χ2v) is 2.15. The Hall–Kier alpha value is -1.03. The van der Waals surface area contributed by atoms with Crippen molar-refractivity contribution >= 4 is 23.5 Å². The molecule has 5 heteroatoms. The van der Waals surface area contributed by atoms with Crippen LogP contribution >= 0.6 is 11.6 Å². The van der Waals surface area contributed by atoms with E-state index < -0.39 is 11.9 Å². The van der Waals surface area contributed by atoms with Gasteiger partial charge in [-0.05, 0) is 0 Å². The highest BCUT2D eigenvalue weighted by molar-refractivity contribution is 6.27. The number of carbonyl (C=O) groups excluding carboxylic acids is 2. The normalized spacial score (nSPS) is 8.75. The number of amides is 1. The predicted molar refractivity (Wildman–Crippen MR) is 44.9 cm³/mol. The lowest BCUT2D eigenvalue weighted by molar-refractivity contribution is -0.142.